The van der Waals surface area contributed by atoms with Crippen LogP contribution in [0, 0.1) is 22.0 Å². The standard InChI is InChI=1S/C30H39F3N2O7S2/c1-6-23(29(5)17-25(26(18-36)42-29)41-20-43-44-28(2,3)4)10-8-7-9-15-40-19-22-12-11-21(16-24(22)35(38)39)13-14-34-27(37)30(31,32)33/h6,8,10-12,16,25-26,36H,13-15,17-20H2,1-5H3,(H,34,37)/b10-8-,23-6+/t25?,26?,29-/m0/s1. The summed E-state index contributed by atoms with van der Waals surface area (Å²) in [5, 5.41) is 23.1. The second-order valence-corrected chi connectivity index (χ2v) is 14.1. The van der Waals surface area contributed by atoms with Crippen LogP contribution in [0.15, 0.2) is 42.0 Å². The van der Waals surface area contributed by atoms with Crippen LogP contribution in [0.1, 0.15) is 52.2 Å². The molecule has 0 spiro atoms. The van der Waals surface area contributed by atoms with Crippen LogP contribution >= 0.6 is 21.6 Å². The predicted octanol–water partition coefficient (Wildman–Crippen LogP) is 5.90. The summed E-state index contributed by atoms with van der Waals surface area (Å²) in [7, 11) is 3.35. The SMILES string of the molecule is C/C=C(\C=C/C#CCOCc1ccc(CCNC(=O)C(F)(F)F)cc1[N+](=O)[O-])[C@]1(C)CC(OCSSC(C)(C)C)C(CO)O1. The fraction of sp³-hybridized carbons (Fsp3) is 0.567. The first-order valence-electron chi connectivity index (χ1n) is 13.8. The summed E-state index contributed by atoms with van der Waals surface area (Å²) in [6.45, 7) is 9.65. The molecule has 1 amide bonds. The third-order valence-electron chi connectivity index (χ3n) is 6.34. The van der Waals surface area contributed by atoms with Gasteiger partial charge in [-0.15, -0.1) is 0 Å². The molecule has 0 radical (unpaired) electrons. The Morgan fingerprint density at radius 2 is 2.07 bits per heavy atom. The molecular formula is C30H39F3N2O7S2. The summed E-state index contributed by atoms with van der Waals surface area (Å²) < 4.78 is 54.7. The van der Waals surface area contributed by atoms with E-state index in [9.17, 15) is 33.2 Å². The van der Waals surface area contributed by atoms with Crippen molar-refractivity contribution in [1.29, 1.82) is 0 Å². The fourth-order valence-corrected chi connectivity index (χ4v) is 6.30. The first-order valence-corrected chi connectivity index (χ1v) is 16.1. The van der Waals surface area contributed by atoms with Crippen LogP contribution < -0.4 is 5.32 Å². The molecular weight excluding hydrogens is 621 g/mol. The highest BCUT2D eigenvalue weighted by molar-refractivity contribution is 8.77. The molecule has 1 aliphatic heterocycles. The van der Waals surface area contributed by atoms with Crippen molar-refractivity contribution in [3.8, 4) is 11.8 Å². The van der Waals surface area contributed by atoms with E-state index in [1.165, 1.54) is 18.2 Å². The molecule has 14 heteroatoms. The van der Waals surface area contributed by atoms with Crippen molar-refractivity contribution in [2.75, 3.05) is 25.7 Å². The zero-order valence-electron chi connectivity index (χ0n) is 25.4. The average molecular weight is 661 g/mol. The molecule has 2 unspecified atom stereocenters. The van der Waals surface area contributed by atoms with Crippen molar-refractivity contribution in [1.82, 2.24) is 5.32 Å². The molecule has 0 saturated carbocycles. The molecule has 1 aliphatic rings. The molecule has 0 bridgehead atoms. The molecule has 44 heavy (non-hydrogen) atoms. The number of nitro groups is 1. The number of benzene rings is 1. The lowest BCUT2D eigenvalue weighted by atomic mass is 9.90. The zero-order valence-corrected chi connectivity index (χ0v) is 27.0. The largest absolute Gasteiger partial charge is 0.471 e. The maximum Gasteiger partial charge on any atom is 0.471 e. The summed E-state index contributed by atoms with van der Waals surface area (Å²) in [6, 6.07) is 4.24. The number of halogens is 3. The van der Waals surface area contributed by atoms with Gasteiger partial charge >= 0.3 is 12.1 Å². The molecule has 2 N–H and O–H groups in total. The van der Waals surface area contributed by atoms with Gasteiger partial charge < -0.3 is 24.6 Å². The second-order valence-electron chi connectivity index (χ2n) is 11.0. The number of amides is 1. The minimum atomic E-state index is -4.99. The Morgan fingerprint density at radius 1 is 1.34 bits per heavy atom. The summed E-state index contributed by atoms with van der Waals surface area (Å²) in [5.41, 5.74) is 0.647. The van der Waals surface area contributed by atoms with Crippen LogP contribution in [0.5, 0.6) is 0 Å². The number of aliphatic hydroxyl groups is 1. The molecule has 1 saturated heterocycles. The van der Waals surface area contributed by atoms with Gasteiger partial charge in [-0.05, 0) is 49.6 Å². The van der Waals surface area contributed by atoms with Gasteiger partial charge in [-0.1, -0.05) is 66.3 Å². The molecule has 0 aliphatic carbocycles. The van der Waals surface area contributed by atoms with E-state index in [1.807, 2.05) is 26.0 Å². The van der Waals surface area contributed by atoms with Crippen LogP contribution in [-0.4, -0.2) is 70.4 Å². The Hall–Kier alpha value is -2.54. The van der Waals surface area contributed by atoms with Gasteiger partial charge in [0.15, 0.2) is 0 Å². The number of aliphatic hydroxyl groups excluding tert-OH is 1. The summed E-state index contributed by atoms with van der Waals surface area (Å²) >= 11 is 0. The lowest BCUT2D eigenvalue weighted by molar-refractivity contribution is -0.386. The van der Waals surface area contributed by atoms with E-state index in [1.54, 1.807) is 33.0 Å². The van der Waals surface area contributed by atoms with Crippen molar-refractivity contribution in [2.24, 2.45) is 0 Å². The van der Waals surface area contributed by atoms with Gasteiger partial charge in [0.2, 0.25) is 0 Å². The summed E-state index contributed by atoms with van der Waals surface area (Å²) in [6.07, 6.45) is 0.267. The molecule has 1 aromatic carbocycles. The van der Waals surface area contributed by atoms with E-state index in [0.717, 1.165) is 5.57 Å². The molecule has 1 heterocycles. The van der Waals surface area contributed by atoms with Crippen LogP contribution in [0.25, 0.3) is 0 Å². The number of hydrogen-bond donors (Lipinski definition) is 2. The van der Waals surface area contributed by atoms with Gasteiger partial charge in [0, 0.05) is 23.8 Å². The highest BCUT2D eigenvalue weighted by Crippen LogP contribution is 2.40. The van der Waals surface area contributed by atoms with Crippen LogP contribution in [-0.2, 0) is 32.0 Å². The number of carbonyl (C=O) groups is 1. The van der Waals surface area contributed by atoms with E-state index in [-0.39, 0.29) is 54.9 Å². The van der Waals surface area contributed by atoms with E-state index in [4.69, 9.17) is 14.2 Å². The van der Waals surface area contributed by atoms with E-state index in [0.29, 0.717) is 17.9 Å². The minimum absolute atomic E-state index is 0.00158. The number of alkyl halides is 3. The van der Waals surface area contributed by atoms with Crippen molar-refractivity contribution in [3.05, 3.63) is 63.2 Å². The van der Waals surface area contributed by atoms with Crippen molar-refractivity contribution in [2.45, 2.75) is 82.8 Å². The maximum atomic E-state index is 12.3. The normalized spacial score (nSPS) is 20.9. The van der Waals surface area contributed by atoms with Crippen molar-refractivity contribution in [3.63, 3.8) is 0 Å². The third-order valence-corrected chi connectivity index (χ3v) is 9.33. The molecule has 3 atom stereocenters. The number of rotatable bonds is 14. The van der Waals surface area contributed by atoms with E-state index < -0.39 is 28.7 Å². The first-order chi connectivity index (χ1) is 20.6. The van der Waals surface area contributed by atoms with Crippen LogP contribution in [0.2, 0.25) is 0 Å². The monoisotopic (exact) mass is 660 g/mol. The molecule has 1 fully saturated rings. The van der Waals surface area contributed by atoms with Crippen LogP contribution in [0.4, 0.5) is 18.9 Å². The smallest absolute Gasteiger partial charge is 0.394 e. The number of nitrogens with one attached hydrogen (secondary N) is 1. The average Bonchev–Trinajstić information content (AvgIpc) is 3.28. The molecule has 2 rings (SSSR count). The minimum Gasteiger partial charge on any atom is -0.394 e. The van der Waals surface area contributed by atoms with Gasteiger partial charge in [-0.25, -0.2) is 0 Å². The second kappa shape index (κ2) is 17.2. The van der Waals surface area contributed by atoms with Crippen LogP contribution in [0.3, 0.4) is 0 Å². The lowest BCUT2D eigenvalue weighted by Gasteiger charge is -2.25. The number of carbonyl (C=O) groups excluding carboxylic acids is 1. The van der Waals surface area contributed by atoms with E-state index >= 15 is 0 Å². The number of ether oxygens (including phenoxy) is 3. The fourth-order valence-electron chi connectivity index (χ4n) is 4.30. The Kier molecular flexibility index (Phi) is 14.7. The predicted molar refractivity (Wildman–Crippen MR) is 166 cm³/mol. The van der Waals surface area contributed by atoms with E-state index in [2.05, 4.69) is 32.6 Å². The Morgan fingerprint density at radius 3 is 2.68 bits per heavy atom. The summed E-state index contributed by atoms with van der Waals surface area (Å²) in [4.78, 5) is 21.8. The quantitative estimate of drug-likeness (QED) is 0.0478. The third kappa shape index (κ3) is 12.5. The number of nitro benzene ring substituents is 1. The van der Waals surface area contributed by atoms with Gasteiger partial charge in [0.25, 0.3) is 5.69 Å². The number of nitrogens with zero attached hydrogens (tertiary/aromatic N) is 1. The lowest BCUT2D eigenvalue weighted by Crippen LogP contribution is -2.37. The highest BCUT2D eigenvalue weighted by Gasteiger charge is 2.45. The van der Waals surface area contributed by atoms with Crippen molar-refractivity contribution >= 4 is 33.2 Å². The Labute approximate surface area is 263 Å². The zero-order chi connectivity index (χ0) is 33.0. The summed E-state index contributed by atoms with van der Waals surface area (Å²) in [5.74, 6) is 4.11. The maximum absolute atomic E-state index is 12.3. The Bertz CT molecular complexity index is 1260. The highest BCUT2D eigenvalue weighted by atomic mass is 33.1. The number of hydrogen-bond acceptors (Lipinski definition) is 9. The first kappa shape index (κ1) is 37.6. The van der Waals surface area contributed by atoms with Gasteiger partial charge in [0.1, 0.15) is 18.6 Å². The molecule has 0 aromatic heterocycles. The molecule has 244 valence electrons. The Balaban J connectivity index is 1.88. The molecule has 9 nitrogen and oxygen atoms in total. The van der Waals surface area contributed by atoms with Gasteiger partial charge in [-0.3, -0.25) is 14.9 Å². The van der Waals surface area contributed by atoms with Gasteiger partial charge in [-0.2, -0.15) is 13.2 Å². The molecule has 1 aromatic rings. The topological polar surface area (TPSA) is 120 Å². The van der Waals surface area contributed by atoms with Gasteiger partial charge in [0.05, 0.1) is 35.4 Å². The number of allylic oxidation sites excluding steroid dienone is 2. The van der Waals surface area contributed by atoms with Crippen molar-refractivity contribution < 1.29 is 42.2 Å².